The second kappa shape index (κ2) is 4.38. The van der Waals surface area contributed by atoms with Crippen LogP contribution >= 0.6 is 26.8 Å². The summed E-state index contributed by atoms with van der Waals surface area (Å²) in [6.07, 6.45) is 0. The molecule has 0 saturated carbocycles. The van der Waals surface area contributed by atoms with Crippen LogP contribution in [0.1, 0.15) is 0 Å². The van der Waals surface area contributed by atoms with Gasteiger partial charge in [0.05, 0.1) is 0 Å². The third-order valence-corrected chi connectivity index (χ3v) is 4.85. The van der Waals surface area contributed by atoms with Crippen molar-refractivity contribution in [3.05, 3.63) is 0 Å². The largest absolute Gasteiger partial charge is 2.00 e. The average Bonchev–Trinajstić information content (AvgIpc) is 1.59. The Morgan fingerprint density at radius 2 is 1.55 bits per heavy atom. The molecule has 1 atom stereocenters. The number of hydrogen-bond acceptors (Lipinski definition) is 4. The van der Waals surface area contributed by atoms with Crippen molar-refractivity contribution in [3.63, 3.8) is 0 Å². The summed E-state index contributed by atoms with van der Waals surface area (Å²) >= 11 is 4.58. The van der Waals surface area contributed by atoms with Crippen LogP contribution in [0.15, 0.2) is 0 Å². The molecule has 0 aromatic rings. The van der Waals surface area contributed by atoms with Gasteiger partial charge in [0.15, 0.2) is 4.86 Å². The summed E-state index contributed by atoms with van der Waals surface area (Å²) in [5.74, 6) is 0. The van der Waals surface area contributed by atoms with Gasteiger partial charge in [-0.25, -0.2) is 0 Å². The third kappa shape index (κ3) is 5.36. The maximum Gasteiger partial charge on any atom is 2.00 e. The molecule has 11 heavy (non-hydrogen) atoms. The molecule has 2 N–H and O–H groups in total. The Hall–Kier alpha value is 1.11. The van der Waals surface area contributed by atoms with Crippen LogP contribution in [0.3, 0.4) is 0 Å². The van der Waals surface area contributed by atoms with Crippen molar-refractivity contribution < 1.29 is 45.8 Å². The van der Waals surface area contributed by atoms with Crippen molar-refractivity contribution in [1.82, 2.24) is 0 Å². The van der Waals surface area contributed by atoms with Crippen LogP contribution in [0.4, 0.5) is 0 Å². The Labute approximate surface area is 77.7 Å². The minimum atomic E-state index is -5.38. The number of rotatable bonds is 2. The summed E-state index contributed by atoms with van der Waals surface area (Å²) in [5.41, 5.74) is 0. The Kier molecular flexibility index (Phi) is 5.82. The number of halogens is 1. The minimum absolute atomic E-state index is 0. The summed E-state index contributed by atoms with van der Waals surface area (Å²) in [6, 6.07) is 0. The first-order valence-electron chi connectivity index (χ1n) is 1.86. The maximum absolute atomic E-state index is 9.97. The molecule has 0 rings (SSSR count). The van der Waals surface area contributed by atoms with E-state index in [2.05, 4.69) is 11.6 Å². The topological polar surface area (TPSA) is 121 Å². The Balaban J connectivity index is 0. The molecule has 0 aliphatic carbocycles. The van der Waals surface area contributed by atoms with E-state index in [0.29, 0.717) is 0 Å². The second-order valence-electron chi connectivity index (χ2n) is 1.44. The van der Waals surface area contributed by atoms with E-state index in [1.54, 1.807) is 0 Å². The first-order chi connectivity index (χ1) is 4.15. The van der Waals surface area contributed by atoms with Crippen LogP contribution < -0.4 is 9.79 Å². The van der Waals surface area contributed by atoms with E-state index in [0.717, 1.165) is 0 Å². The van der Waals surface area contributed by atoms with Gasteiger partial charge in [0.1, 0.15) is 0 Å². The molecule has 0 fully saturated rings. The van der Waals surface area contributed by atoms with Crippen LogP contribution in [0.25, 0.3) is 0 Å². The van der Waals surface area contributed by atoms with Crippen molar-refractivity contribution in [1.29, 1.82) is 0 Å². The molecule has 0 saturated heterocycles. The fourth-order valence-corrected chi connectivity index (χ4v) is 1.66. The normalized spacial score (nSPS) is 15.4. The summed E-state index contributed by atoms with van der Waals surface area (Å²) in [7, 11) is -10.4. The van der Waals surface area contributed by atoms with Crippen LogP contribution in [0, 0.1) is 0 Å². The third-order valence-electron chi connectivity index (χ3n) is 0.538. The van der Waals surface area contributed by atoms with E-state index in [9.17, 15) is 18.9 Å². The van der Waals surface area contributed by atoms with Gasteiger partial charge in [-0.15, -0.1) is 11.6 Å². The predicted molar refractivity (Wildman–Crippen MR) is 29.3 cm³/mol. The zero-order valence-corrected chi connectivity index (χ0v) is 8.38. The van der Waals surface area contributed by atoms with Crippen molar-refractivity contribution in [2.75, 3.05) is 0 Å². The van der Waals surface area contributed by atoms with Gasteiger partial charge in [0.25, 0.3) is 0 Å². The summed E-state index contributed by atoms with van der Waals surface area (Å²) in [4.78, 5) is 33.1. The molecule has 0 aliphatic heterocycles. The van der Waals surface area contributed by atoms with E-state index >= 15 is 0 Å². The smallest absolute Gasteiger partial charge is 0.809 e. The molecule has 0 bridgehead atoms. The number of hydrogen-bond donors (Lipinski definition) is 2. The Bertz CT molecular complexity index is 183. The second-order valence-corrected chi connectivity index (χ2v) is 6.18. The zero-order chi connectivity index (χ0) is 8.58. The Morgan fingerprint density at radius 3 is 1.55 bits per heavy atom. The molecule has 0 heterocycles. The van der Waals surface area contributed by atoms with Crippen molar-refractivity contribution in [3.8, 4) is 0 Å². The standard InChI is InChI=1S/CH5ClO6P2.Fe/c2-1(9(3,4)5)10(6,7)8;/h1H,(H2,3,4,5)(H2,6,7,8);/q;+2/p-2. The van der Waals surface area contributed by atoms with E-state index in [-0.39, 0.29) is 17.1 Å². The van der Waals surface area contributed by atoms with Gasteiger partial charge in [-0.2, -0.15) is 0 Å². The van der Waals surface area contributed by atoms with Gasteiger partial charge >= 0.3 is 24.7 Å². The monoisotopic (exact) mass is 264 g/mol. The molecule has 0 aromatic heterocycles. The number of alkyl halides is 1. The molecule has 0 aromatic carbocycles. The van der Waals surface area contributed by atoms with Crippen molar-refractivity contribution >= 4 is 26.8 Å². The SMILES string of the molecule is O=P([O-])([O-])C(Cl)P(=O)(O)O.[Fe+2]. The van der Waals surface area contributed by atoms with Crippen LogP contribution in [-0.2, 0) is 26.2 Å². The van der Waals surface area contributed by atoms with E-state index in [4.69, 9.17) is 9.79 Å². The summed E-state index contributed by atoms with van der Waals surface area (Å²) < 4.78 is 19.8. The molecule has 0 radical (unpaired) electrons. The van der Waals surface area contributed by atoms with E-state index in [1.165, 1.54) is 0 Å². The van der Waals surface area contributed by atoms with Gasteiger partial charge in [-0.3, -0.25) is 4.57 Å². The molecular weight excluding hydrogens is 261 g/mol. The van der Waals surface area contributed by atoms with Gasteiger partial charge in [-0.05, 0) is 7.60 Å². The molecule has 68 valence electrons. The average molecular weight is 264 g/mol. The molecule has 0 aliphatic rings. The van der Waals surface area contributed by atoms with Crippen molar-refractivity contribution in [2.45, 2.75) is 4.86 Å². The van der Waals surface area contributed by atoms with Gasteiger partial charge < -0.3 is 24.1 Å². The van der Waals surface area contributed by atoms with Crippen molar-refractivity contribution in [2.24, 2.45) is 0 Å². The van der Waals surface area contributed by atoms with E-state index < -0.39 is 20.1 Å². The van der Waals surface area contributed by atoms with Crippen LogP contribution in [0.2, 0.25) is 0 Å². The molecule has 1 unspecified atom stereocenters. The predicted octanol–water partition coefficient (Wildman–Crippen LogP) is -1.40. The molecule has 6 nitrogen and oxygen atoms in total. The van der Waals surface area contributed by atoms with E-state index in [1.807, 2.05) is 0 Å². The van der Waals surface area contributed by atoms with Gasteiger partial charge in [0, 0.05) is 0 Å². The first-order valence-corrected chi connectivity index (χ1v) is 5.59. The molecular formula is CH3ClFeO6P2. The maximum atomic E-state index is 9.97. The molecule has 10 heteroatoms. The van der Waals surface area contributed by atoms with Crippen LogP contribution in [-0.4, -0.2) is 14.6 Å². The molecule has 0 amide bonds. The Morgan fingerprint density at radius 1 is 1.27 bits per heavy atom. The summed E-state index contributed by atoms with van der Waals surface area (Å²) in [6.45, 7) is 0. The van der Waals surface area contributed by atoms with Gasteiger partial charge in [0.2, 0.25) is 0 Å². The summed E-state index contributed by atoms with van der Waals surface area (Å²) in [5, 5.41) is 0. The van der Waals surface area contributed by atoms with Crippen LogP contribution in [0.5, 0.6) is 0 Å². The molecule has 0 spiro atoms. The minimum Gasteiger partial charge on any atom is -0.809 e. The van der Waals surface area contributed by atoms with Gasteiger partial charge in [-0.1, -0.05) is 0 Å². The fourth-order valence-electron chi connectivity index (χ4n) is 0.184. The zero-order valence-electron chi connectivity index (χ0n) is 4.73. The quantitative estimate of drug-likeness (QED) is 0.359. The first kappa shape index (κ1) is 14.6. The fraction of sp³-hybridized carbons (Fsp3) is 1.00.